The molecule has 0 aromatic heterocycles. The van der Waals surface area contributed by atoms with Crippen LogP contribution in [-0.4, -0.2) is 89.2 Å². The van der Waals surface area contributed by atoms with Gasteiger partial charge in [0.05, 0.1) is 0 Å². The van der Waals surface area contributed by atoms with Crippen molar-refractivity contribution in [2.75, 3.05) is 0 Å². The van der Waals surface area contributed by atoms with Crippen molar-refractivity contribution in [1.82, 2.24) is 0 Å². The minimum atomic E-state index is -4.67. The van der Waals surface area contributed by atoms with E-state index in [1.807, 2.05) is 0 Å². The first kappa shape index (κ1) is 29.7. The zero-order valence-electron chi connectivity index (χ0n) is 4.14. The normalized spacial score (nSPS) is 6.40. The van der Waals surface area contributed by atoms with E-state index in [0.29, 0.717) is 0 Å². The van der Waals surface area contributed by atoms with Crippen LogP contribution >= 0.6 is 0 Å². The molecule has 0 bridgehead atoms. The molecule has 7 nitrogen and oxygen atoms in total. The summed E-state index contributed by atoms with van der Waals surface area (Å²) in [6.45, 7) is 0. The fourth-order valence-corrected chi connectivity index (χ4v) is 0. The molecule has 0 unspecified atom stereocenters. The number of rotatable bonds is 0. The van der Waals surface area contributed by atoms with Gasteiger partial charge in [0.1, 0.15) is 0 Å². The molecule has 0 atom stereocenters. The molecule has 0 rings (SSSR count). The molecule has 0 aliphatic heterocycles. The van der Waals surface area contributed by atoms with Crippen LogP contribution in [-0.2, 0) is 10.4 Å². The average molecular weight is 315 g/mol. The molecule has 10 heavy (non-hydrogen) atoms. The van der Waals surface area contributed by atoms with E-state index in [-0.39, 0.29) is 71.7 Å². The van der Waals surface area contributed by atoms with Crippen LogP contribution in [0.3, 0.4) is 0 Å². The fraction of sp³-hybridized carbons (Fsp3) is 0. The van der Waals surface area contributed by atoms with Gasteiger partial charge in [-0.05, 0) is 0 Å². The van der Waals surface area contributed by atoms with E-state index in [1.165, 1.54) is 0 Å². The van der Waals surface area contributed by atoms with Crippen molar-refractivity contribution in [2.45, 2.75) is 0 Å². The van der Waals surface area contributed by atoms with Gasteiger partial charge in [-0.2, -0.15) is 8.42 Å². The van der Waals surface area contributed by atoms with Crippen LogP contribution in [0.1, 0.15) is 0 Å². The standard InChI is InChI=1S/Al.Ba.H2O4S.O2.H2O.3H/c;;1-5(2,3)4;1-2;;;;/h;;(H2,1,2,3,4);;1H2;;;/q;+2;;-2;;;;. The molecule has 0 heterocycles. The van der Waals surface area contributed by atoms with Crippen LogP contribution < -0.4 is 10.5 Å². The van der Waals surface area contributed by atoms with Crippen molar-refractivity contribution in [3.8, 4) is 0 Å². The Hall–Kier alpha value is 1.85. The molecule has 0 saturated heterocycles. The summed E-state index contributed by atoms with van der Waals surface area (Å²) < 4.78 is 31.6. The van der Waals surface area contributed by atoms with Crippen molar-refractivity contribution < 1.29 is 33.5 Å². The predicted octanol–water partition coefficient (Wildman–Crippen LogP) is -5.42. The number of hydrogen-bond donors (Lipinski definition) is 2. The van der Waals surface area contributed by atoms with E-state index in [4.69, 9.17) is 28.0 Å². The van der Waals surface area contributed by atoms with Crippen molar-refractivity contribution in [3.05, 3.63) is 0 Å². The first-order valence-corrected chi connectivity index (χ1v) is 2.26. The maximum Gasteiger partial charge on any atom is 2.00 e. The second kappa shape index (κ2) is 17.1. The topological polar surface area (TPSA) is 152 Å². The van der Waals surface area contributed by atoms with Gasteiger partial charge in [-0.3, -0.25) is 9.11 Å². The maximum absolute atomic E-state index is 8.74. The van der Waals surface area contributed by atoms with Crippen LogP contribution in [0.5, 0.6) is 0 Å². The molecule has 4 N–H and O–H groups in total. The van der Waals surface area contributed by atoms with Crippen LogP contribution in [0.25, 0.3) is 0 Å². The van der Waals surface area contributed by atoms with Gasteiger partial charge in [0, 0.05) is 0 Å². The summed E-state index contributed by atoms with van der Waals surface area (Å²) in [4.78, 5) is 0. The Kier molecular flexibility index (Phi) is 50.8. The monoisotopic (exact) mass is 316 g/mol. The zero-order chi connectivity index (χ0) is 6.50. The molecule has 0 saturated carbocycles. The summed E-state index contributed by atoms with van der Waals surface area (Å²) in [6, 6.07) is 0. The molecule has 0 spiro atoms. The summed E-state index contributed by atoms with van der Waals surface area (Å²) >= 11 is 0. The van der Waals surface area contributed by atoms with E-state index in [1.54, 1.807) is 0 Å². The summed E-state index contributed by atoms with van der Waals surface area (Å²) in [5.41, 5.74) is 0. The zero-order valence-corrected chi connectivity index (χ0v) is 9.40. The quantitative estimate of drug-likeness (QED) is 0.197. The molecule has 0 amide bonds. The van der Waals surface area contributed by atoms with E-state index >= 15 is 0 Å². The Bertz CT molecular complexity index is 96.8. The molecule has 0 fully saturated rings. The first-order chi connectivity index (χ1) is 3.00. The summed E-state index contributed by atoms with van der Waals surface area (Å²) in [6.07, 6.45) is 0. The molecule has 0 radical (unpaired) electrons. The predicted molar refractivity (Wildman–Crippen MR) is 33.5 cm³/mol. The second-order valence-corrected chi connectivity index (χ2v) is 1.34. The van der Waals surface area contributed by atoms with Crippen LogP contribution in [0.4, 0.5) is 0 Å². The van der Waals surface area contributed by atoms with Gasteiger partial charge in [0.2, 0.25) is 0 Å². The third kappa shape index (κ3) is 225. The van der Waals surface area contributed by atoms with Crippen molar-refractivity contribution >= 4 is 76.6 Å². The van der Waals surface area contributed by atoms with Gasteiger partial charge in [-0.15, -0.1) is 0 Å². The Morgan fingerprint density at radius 1 is 1.10 bits per heavy atom. The third-order valence-electron chi connectivity index (χ3n) is 0. The Morgan fingerprint density at radius 3 is 1.10 bits per heavy atom. The summed E-state index contributed by atoms with van der Waals surface area (Å²) in [5.74, 6) is 0. The smallest absolute Gasteiger partial charge is 1.00 e. The van der Waals surface area contributed by atoms with E-state index in [9.17, 15) is 0 Å². The molecule has 0 aliphatic rings. The van der Waals surface area contributed by atoms with Crippen molar-refractivity contribution in [3.63, 3.8) is 0 Å². The SMILES string of the molecule is O.O=S(=O)(O)O.[AlH3].[Ba+2].[O-][O-]. The van der Waals surface area contributed by atoms with Crippen molar-refractivity contribution in [2.24, 2.45) is 0 Å². The van der Waals surface area contributed by atoms with Gasteiger partial charge >= 0.3 is 59.3 Å². The van der Waals surface area contributed by atoms with Gasteiger partial charge in [-0.25, -0.2) is 0 Å². The fourth-order valence-electron chi connectivity index (χ4n) is 0. The molecule has 0 aromatic rings. The summed E-state index contributed by atoms with van der Waals surface area (Å²) in [7, 11) is -4.67. The van der Waals surface area contributed by atoms with E-state index in [2.05, 4.69) is 0 Å². The molecule has 0 aliphatic carbocycles. The Morgan fingerprint density at radius 2 is 1.10 bits per heavy atom. The van der Waals surface area contributed by atoms with Crippen LogP contribution in [0.2, 0.25) is 0 Å². The average Bonchev–Trinajstić information content (AvgIpc) is 1.36. The molecule has 60 valence electrons. The number of hydrogen-bond acceptors (Lipinski definition) is 4. The van der Waals surface area contributed by atoms with Gasteiger partial charge in [-0.1, -0.05) is 0 Å². The minimum Gasteiger partial charge on any atom is -1.00 e. The largest absolute Gasteiger partial charge is 2.00 e. The van der Waals surface area contributed by atoms with Gasteiger partial charge in [0.25, 0.3) is 0 Å². The van der Waals surface area contributed by atoms with Gasteiger partial charge < -0.3 is 16.0 Å². The molecular formula is H7AlBaO7S. The van der Waals surface area contributed by atoms with Crippen LogP contribution in [0, 0.1) is 0 Å². The van der Waals surface area contributed by atoms with Gasteiger partial charge in [0.15, 0.2) is 17.4 Å². The Balaban J connectivity index is -0.0000000154. The second-order valence-electron chi connectivity index (χ2n) is 0.448. The summed E-state index contributed by atoms with van der Waals surface area (Å²) in [5, 5.41) is 14.0. The molecule has 0 aromatic carbocycles. The first-order valence-electron chi connectivity index (χ1n) is 0.865. The van der Waals surface area contributed by atoms with E-state index < -0.39 is 10.4 Å². The molecular weight excluding hydrogens is 308 g/mol. The van der Waals surface area contributed by atoms with E-state index in [0.717, 1.165) is 0 Å². The third-order valence-corrected chi connectivity index (χ3v) is 0. The minimum absolute atomic E-state index is 0. The molecule has 10 heteroatoms. The maximum atomic E-state index is 8.74. The Labute approximate surface area is 108 Å². The van der Waals surface area contributed by atoms with Crippen molar-refractivity contribution in [1.29, 1.82) is 0 Å². The van der Waals surface area contributed by atoms with Crippen LogP contribution in [0.15, 0.2) is 0 Å².